The molecule has 10 heteroatoms. The van der Waals surface area contributed by atoms with E-state index in [9.17, 15) is 19.3 Å². The highest BCUT2D eigenvalue weighted by molar-refractivity contribution is 5.91. The molecular weight excluding hydrogens is 359 g/mol. The Balaban J connectivity index is 1.75. The molecule has 0 amide bonds. The van der Waals surface area contributed by atoms with E-state index in [0.29, 0.717) is 5.56 Å². The second-order valence-corrected chi connectivity index (χ2v) is 5.53. The fourth-order valence-electron chi connectivity index (χ4n) is 2.22. The van der Waals surface area contributed by atoms with Crippen LogP contribution in [0.5, 0.6) is 0 Å². The molecule has 0 aliphatic carbocycles. The summed E-state index contributed by atoms with van der Waals surface area (Å²) in [6.07, 6.45) is -0.907. The number of nitrogens with zero attached hydrogens (tertiary/aromatic N) is 3. The second-order valence-electron chi connectivity index (χ2n) is 5.53. The largest absolute Gasteiger partial charge is 0.449 e. The molecule has 1 atom stereocenters. The van der Waals surface area contributed by atoms with Crippen LogP contribution in [0.4, 0.5) is 15.8 Å². The highest BCUT2D eigenvalue weighted by Crippen LogP contribution is 2.26. The van der Waals surface area contributed by atoms with Crippen LogP contribution in [-0.4, -0.2) is 21.1 Å². The molecule has 1 heterocycles. The number of rotatable bonds is 5. The Kier molecular flexibility index (Phi) is 4.79. The predicted octanol–water partition coefficient (Wildman–Crippen LogP) is 3.28. The van der Waals surface area contributed by atoms with E-state index >= 15 is 0 Å². The van der Waals surface area contributed by atoms with E-state index < -0.39 is 28.5 Å². The second kappa shape index (κ2) is 7.20. The van der Waals surface area contributed by atoms with E-state index in [0.717, 1.165) is 6.07 Å². The summed E-state index contributed by atoms with van der Waals surface area (Å²) in [5.41, 5.74) is 5.50. The number of nitro groups is 1. The number of carbonyl (C=O) groups excluding carboxylic acids is 1. The summed E-state index contributed by atoms with van der Waals surface area (Å²) in [6.45, 7) is 1.51. The minimum atomic E-state index is -0.907. The van der Waals surface area contributed by atoms with Crippen LogP contribution >= 0.6 is 0 Å². The lowest BCUT2D eigenvalue weighted by Gasteiger charge is -2.09. The maximum absolute atomic E-state index is 13.0. The number of nitrogens with two attached hydrogens (primary N) is 1. The first kappa shape index (κ1) is 18.0. The number of nitro benzene ring substituents is 1. The number of ether oxygens (including phenoxy) is 1. The van der Waals surface area contributed by atoms with Gasteiger partial charge in [0.25, 0.3) is 11.6 Å². The molecule has 0 unspecified atom stereocenters. The first-order chi connectivity index (χ1) is 12.8. The van der Waals surface area contributed by atoms with Gasteiger partial charge in [0.05, 0.1) is 10.5 Å². The van der Waals surface area contributed by atoms with Crippen molar-refractivity contribution in [2.75, 3.05) is 5.73 Å². The zero-order valence-electron chi connectivity index (χ0n) is 14.0. The van der Waals surface area contributed by atoms with Crippen LogP contribution in [0.15, 0.2) is 46.9 Å². The summed E-state index contributed by atoms with van der Waals surface area (Å²) in [4.78, 5) is 22.4. The molecule has 3 aromatic rings. The fraction of sp³-hybridized carbons (Fsp3) is 0.118. The fourth-order valence-corrected chi connectivity index (χ4v) is 2.22. The number of hydrogen-bond acceptors (Lipinski definition) is 8. The average molecular weight is 372 g/mol. The SMILES string of the molecule is C[C@@H](OC(=O)c1ccc(N)c([N+](=O)[O-])c1)c1nnc(-c2ccc(F)cc2)o1. The Morgan fingerprint density at radius 3 is 2.63 bits per heavy atom. The summed E-state index contributed by atoms with van der Waals surface area (Å²) < 4.78 is 23.6. The van der Waals surface area contributed by atoms with Crippen LogP contribution in [0.1, 0.15) is 29.3 Å². The van der Waals surface area contributed by atoms with Crippen molar-refractivity contribution < 1.29 is 23.3 Å². The number of carbonyl (C=O) groups is 1. The third kappa shape index (κ3) is 3.89. The van der Waals surface area contributed by atoms with E-state index in [1.165, 1.54) is 43.3 Å². The van der Waals surface area contributed by atoms with Crippen molar-refractivity contribution in [2.24, 2.45) is 0 Å². The zero-order chi connectivity index (χ0) is 19.6. The molecule has 27 heavy (non-hydrogen) atoms. The summed E-state index contributed by atoms with van der Waals surface area (Å²) in [6, 6.07) is 9.02. The van der Waals surface area contributed by atoms with Gasteiger partial charge in [-0.15, -0.1) is 10.2 Å². The van der Waals surface area contributed by atoms with Crippen molar-refractivity contribution in [3.63, 3.8) is 0 Å². The molecule has 0 spiro atoms. The summed E-state index contributed by atoms with van der Waals surface area (Å²) in [5.74, 6) is -1.06. The molecule has 0 aliphatic heterocycles. The van der Waals surface area contributed by atoms with Crippen LogP contribution in [0.2, 0.25) is 0 Å². The lowest BCUT2D eigenvalue weighted by molar-refractivity contribution is -0.383. The van der Waals surface area contributed by atoms with Gasteiger partial charge in [0, 0.05) is 11.6 Å². The standard InChI is InChI=1S/C17H13FN4O5/c1-9(15-20-21-16(27-15)10-2-5-12(18)6-3-10)26-17(23)11-4-7-13(19)14(8-11)22(24)25/h2-9H,19H2,1H3/t9-/m1/s1. The Bertz CT molecular complexity index is 1000. The van der Waals surface area contributed by atoms with E-state index in [2.05, 4.69) is 10.2 Å². The van der Waals surface area contributed by atoms with Crippen LogP contribution in [-0.2, 0) is 4.74 Å². The van der Waals surface area contributed by atoms with Gasteiger partial charge < -0.3 is 14.9 Å². The molecule has 0 saturated heterocycles. The van der Waals surface area contributed by atoms with Gasteiger partial charge in [0.2, 0.25) is 5.89 Å². The van der Waals surface area contributed by atoms with E-state index in [1.54, 1.807) is 0 Å². The molecule has 9 nitrogen and oxygen atoms in total. The molecule has 0 aliphatic rings. The van der Waals surface area contributed by atoms with E-state index in [4.69, 9.17) is 14.9 Å². The van der Waals surface area contributed by atoms with Crippen LogP contribution < -0.4 is 5.73 Å². The Hall–Kier alpha value is -3.82. The number of anilines is 1. The lowest BCUT2D eigenvalue weighted by Crippen LogP contribution is -2.10. The molecule has 0 fully saturated rings. The average Bonchev–Trinajstić information content (AvgIpc) is 3.12. The number of hydrogen-bond donors (Lipinski definition) is 1. The van der Waals surface area contributed by atoms with Crippen molar-refractivity contribution in [2.45, 2.75) is 13.0 Å². The van der Waals surface area contributed by atoms with Crippen molar-refractivity contribution >= 4 is 17.3 Å². The first-order valence-corrected chi connectivity index (χ1v) is 7.69. The molecule has 2 aromatic carbocycles. The van der Waals surface area contributed by atoms with Gasteiger partial charge in [-0.05, 0) is 43.3 Å². The highest BCUT2D eigenvalue weighted by atomic mass is 19.1. The van der Waals surface area contributed by atoms with Crippen LogP contribution in [0.3, 0.4) is 0 Å². The Morgan fingerprint density at radius 1 is 1.26 bits per heavy atom. The summed E-state index contributed by atoms with van der Waals surface area (Å²) in [5, 5.41) is 18.6. The van der Waals surface area contributed by atoms with Crippen LogP contribution in [0, 0.1) is 15.9 Å². The molecule has 0 bridgehead atoms. The number of nitrogen functional groups attached to an aromatic ring is 1. The third-order valence-corrected chi connectivity index (χ3v) is 3.63. The minimum Gasteiger partial charge on any atom is -0.449 e. The summed E-state index contributed by atoms with van der Waals surface area (Å²) in [7, 11) is 0. The van der Waals surface area contributed by atoms with Gasteiger partial charge >= 0.3 is 5.97 Å². The maximum Gasteiger partial charge on any atom is 0.339 e. The van der Waals surface area contributed by atoms with Crippen molar-refractivity contribution in [3.05, 3.63) is 69.9 Å². The van der Waals surface area contributed by atoms with E-state index in [-0.39, 0.29) is 23.0 Å². The topological polar surface area (TPSA) is 134 Å². The van der Waals surface area contributed by atoms with Crippen molar-refractivity contribution in [3.8, 4) is 11.5 Å². The highest BCUT2D eigenvalue weighted by Gasteiger charge is 2.22. The molecule has 0 radical (unpaired) electrons. The van der Waals surface area contributed by atoms with Crippen molar-refractivity contribution in [1.29, 1.82) is 0 Å². The van der Waals surface area contributed by atoms with Gasteiger partial charge in [-0.1, -0.05) is 0 Å². The summed E-state index contributed by atoms with van der Waals surface area (Å²) >= 11 is 0. The molecule has 0 saturated carbocycles. The lowest BCUT2D eigenvalue weighted by atomic mass is 10.2. The monoisotopic (exact) mass is 372 g/mol. The molecule has 1 aromatic heterocycles. The van der Waals surface area contributed by atoms with Gasteiger partial charge in [-0.2, -0.15) is 0 Å². The first-order valence-electron chi connectivity index (χ1n) is 7.69. The van der Waals surface area contributed by atoms with E-state index in [1.807, 2.05) is 0 Å². The van der Waals surface area contributed by atoms with Crippen molar-refractivity contribution in [1.82, 2.24) is 10.2 Å². The number of benzene rings is 2. The molecular formula is C17H13FN4O5. The minimum absolute atomic E-state index is 0.0209. The van der Waals surface area contributed by atoms with Gasteiger partial charge in [0.15, 0.2) is 6.10 Å². The predicted molar refractivity (Wildman–Crippen MR) is 91.0 cm³/mol. The maximum atomic E-state index is 13.0. The van der Waals surface area contributed by atoms with Crippen LogP contribution in [0.25, 0.3) is 11.5 Å². The number of esters is 1. The number of aromatic nitrogens is 2. The third-order valence-electron chi connectivity index (χ3n) is 3.63. The molecule has 3 rings (SSSR count). The zero-order valence-corrected chi connectivity index (χ0v) is 14.0. The van der Waals surface area contributed by atoms with Gasteiger partial charge in [-0.25, -0.2) is 9.18 Å². The quantitative estimate of drug-likeness (QED) is 0.312. The molecule has 138 valence electrons. The Labute approximate surface area is 151 Å². The van der Waals surface area contributed by atoms with Gasteiger partial charge in [-0.3, -0.25) is 10.1 Å². The molecule has 2 N–H and O–H groups in total. The van der Waals surface area contributed by atoms with Gasteiger partial charge in [0.1, 0.15) is 11.5 Å². The smallest absolute Gasteiger partial charge is 0.339 e. The normalized spacial score (nSPS) is 11.8. The Morgan fingerprint density at radius 2 is 1.96 bits per heavy atom. The number of halogens is 1.